The fourth-order valence-corrected chi connectivity index (χ4v) is 3.35. The third-order valence-electron chi connectivity index (χ3n) is 4.47. The molecule has 2 aliphatic rings. The largest absolute Gasteiger partial charge is 0.480 e. The second-order valence-corrected chi connectivity index (χ2v) is 6.89. The Balaban J connectivity index is 2.01. The van der Waals surface area contributed by atoms with Gasteiger partial charge in [-0.15, -0.1) is 0 Å². The van der Waals surface area contributed by atoms with Crippen molar-refractivity contribution in [2.24, 2.45) is 5.92 Å². The lowest BCUT2D eigenvalue weighted by atomic mass is 9.78. The van der Waals surface area contributed by atoms with Crippen molar-refractivity contribution in [2.45, 2.75) is 70.0 Å². The molecule has 2 fully saturated rings. The highest BCUT2D eigenvalue weighted by Crippen LogP contribution is 2.34. The number of nitrogens with one attached hydrogen (secondary N) is 1. The molecular formula is C15H28N2O2. The molecule has 2 aliphatic carbocycles. The van der Waals surface area contributed by atoms with Gasteiger partial charge in [-0.3, -0.25) is 10.1 Å². The summed E-state index contributed by atoms with van der Waals surface area (Å²) >= 11 is 0. The molecule has 4 nitrogen and oxygen atoms in total. The van der Waals surface area contributed by atoms with E-state index in [0.717, 1.165) is 45.1 Å². The molecule has 19 heavy (non-hydrogen) atoms. The predicted octanol–water partition coefficient (Wildman–Crippen LogP) is 2.09. The topological polar surface area (TPSA) is 52.6 Å². The van der Waals surface area contributed by atoms with E-state index < -0.39 is 11.5 Å². The third kappa shape index (κ3) is 3.69. The van der Waals surface area contributed by atoms with Crippen LogP contribution in [0.25, 0.3) is 0 Å². The molecular weight excluding hydrogens is 240 g/mol. The Hall–Kier alpha value is -0.610. The van der Waals surface area contributed by atoms with Crippen molar-refractivity contribution in [1.82, 2.24) is 10.2 Å². The fourth-order valence-electron chi connectivity index (χ4n) is 3.35. The van der Waals surface area contributed by atoms with E-state index in [9.17, 15) is 9.90 Å². The zero-order valence-corrected chi connectivity index (χ0v) is 12.5. The van der Waals surface area contributed by atoms with Gasteiger partial charge in [0.15, 0.2) is 0 Å². The Labute approximate surface area is 116 Å². The molecule has 0 aromatic carbocycles. The van der Waals surface area contributed by atoms with Gasteiger partial charge in [0.25, 0.3) is 0 Å². The highest BCUT2D eigenvalue weighted by molar-refractivity contribution is 5.79. The monoisotopic (exact) mass is 268 g/mol. The minimum Gasteiger partial charge on any atom is -0.480 e. The van der Waals surface area contributed by atoms with Crippen LogP contribution in [-0.4, -0.2) is 47.2 Å². The smallest absolute Gasteiger partial charge is 0.323 e. The SMILES string of the molecule is CC(C)CN(C)C1CCCC(NC2CC2)(C(=O)O)C1. The fraction of sp³-hybridized carbons (Fsp3) is 0.933. The number of hydrogen-bond acceptors (Lipinski definition) is 3. The van der Waals surface area contributed by atoms with Crippen molar-refractivity contribution in [3.63, 3.8) is 0 Å². The number of hydrogen-bond donors (Lipinski definition) is 2. The summed E-state index contributed by atoms with van der Waals surface area (Å²) < 4.78 is 0. The van der Waals surface area contributed by atoms with Crippen molar-refractivity contribution in [1.29, 1.82) is 0 Å². The zero-order chi connectivity index (χ0) is 14.0. The lowest BCUT2D eigenvalue weighted by Crippen LogP contribution is -2.58. The average Bonchev–Trinajstić information content (AvgIpc) is 3.12. The number of rotatable bonds is 6. The summed E-state index contributed by atoms with van der Waals surface area (Å²) in [7, 11) is 2.14. The third-order valence-corrected chi connectivity index (χ3v) is 4.47. The maximum Gasteiger partial charge on any atom is 0.323 e. The molecule has 2 saturated carbocycles. The Morgan fingerprint density at radius 1 is 1.42 bits per heavy atom. The summed E-state index contributed by atoms with van der Waals surface area (Å²) in [4.78, 5) is 14.1. The molecule has 2 rings (SSSR count). The second-order valence-electron chi connectivity index (χ2n) is 6.89. The molecule has 4 heteroatoms. The van der Waals surface area contributed by atoms with E-state index in [1.54, 1.807) is 0 Å². The highest BCUT2D eigenvalue weighted by Gasteiger charge is 2.46. The molecule has 0 bridgehead atoms. The quantitative estimate of drug-likeness (QED) is 0.774. The molecule has 0 saturated heterocycles. The maximum absolute atomic E-state index is 11.7. The van der Waals surface area contributed by atoms with Crippen LogP contribution in [0.3, 0.4) is 0 Å². The lowest BCUT2D eigenvalue weighted by molar-refractivity contribution is -0.147. The van der Waals surface area contributed by atoms with Crippen molar-refractivity contribution in [3.8, 4) is 0 Å². The lowest BCUT2D eigenvalue weighted by Gasteiger charge is -2.42. The van der Waals surface area contributed by atoms with E-state index in [1.165, 1.54) is 0 Å². The van der Waals surface area contributed by atoms with E-state index in [4.69, 9.17) is 0 Å². The van der Waals surface area contributed by atoms with Crippen LogP contribution in [0.2, 0.25) is 0 Å². The molecule has 0 aromatic rings. The van der Waals surface area contributed by atoms with Crippen LogP contribution in [0.15, 0.2) is 0 Å². The molecule has 110 valence electrons. The van der Waals surface area contributed by atoms with E-state index in [0.29, 0.717) is 18.0 Å². The first-order valence-electron chi connectivity index (χ1n) is 7.64. The van der Waals surface area contributed by atoms with Crippen molar-refractivity contribution in [3.05, 3.63) is 0 Å². The first-order chi connectivity index (χ1) is 8.93. The van der Waals surface area contributed by atoms with E-state index in [1.807, 2.05) is 0 Å². The van der Waals surface area contributed by atoms with E-state index in [-0.39, 0.29) is 0 Å². The van der Waals surface area contributed by atoms with E-state index >= 15 is 0 Å². The van der Waals surface area contributed by atoms with Gasteiger partial charge in [0.1, 0.15) is 5.54 Å². The Kier molecular flexibility index (Phi) is 4.51. The van der Waals surface area contributed by atoms with Crippen LogP contribution < -0.4 is 5.32 Å². The van der Waals surface area contributed by atoms with Crippen LogP contribution >= 0.6 is 0 Å². The van der Waals surface area contributed by atoms with Gasteiger partial charge in [0.05, 0.1) is 0 Å². The van der Waals surface area contributed by atoms with Crippen LogP contribution in [-0.2, 0) is 4.79 Å². The summed E-state index contributed by atoms with van der Waals surface area (Å²) in [6, 6.07) is 0.851. The van der Waals surface area contributed by atoms with Crippen LogP contribution in [0.4, 0.5) is 0 Å². The summed E-state index contributed by atoms with van der Waals surface area (Å²) in [5.74, 6) is -0.0235. The van der Waals surface area contributed by atoms with Gasteiger partial charge in [0, 0.05) is 18.6 Å². The van der Waals surface area contributed by atoms with Gasteiger partial charge in [-0.05, 0) is 51.5 Å². The first-order valence-corrected chi connectivity index (χ1v) is 7.64. The Morgan fingerprint density at radius 2 is 2.11 bits per heavy atom. The molecule has 2 atom stereocenters. The van der Waals surface area contributed by atoms with Crippen molar-refractivity contribution >= 4 is 5.97 Å². The second kappa shape index (κ2) is 5.80. The first kappa shape index (κ1) is 14.8. The van der Waals surface area contributed by atoms with Crippen LogP contribution in [0, 0.1) is 5.92 Å². The standard InChI is InChI=1S/C15H28N2O2/c1-11(2)10-17(3)13-5-4-8-15(9-13,14(18)19)16-12-6-7-12/h11-13,16H,4-10H2,1-3H3,(H,18,19). The minimum absolute atomic E-state index is 0.401. The normalized spacial score (nSPS) is 31.9. The van der Waals surface area contributed by atoms with Gasteiger partial charge in [-0.25, -0.2) is 0 Å². The summed E-state index contributed by atoms with van der Waals surface area (Å²) in [5, 5.41) is 13.1. The number of carbonyl (C=O) groups is 1. The number of nitrogens with zero attached hydrogens (tertiary/aromatic N) is 1. The maximum atomic E-state index is 11.7. The Bertz CT molecular complexity index is 328. The van der Waals surface area contributed by atoms with Crippen LogP contribution in [0.1, 0.15) is 52.4 Å². The number of aliphatic carboxylic acids is 1. The molecule has 0 aliphatic heterocycles. The van der Waals surface area contributed by atoms with Crippen molar-refractivity contribution < 1.29 is 9.90 Å². The molecule has 0 amide bonds. The zero-order valence-electron chi connectivity index (χ0n) is 12.5. The van der Waals surface area contributed by atoms with Crippen LogP contribution in [0.5, 0.6) is 0 Å². The molecule has 2 unspecified atom stereocenters. The summed E-state index contributed by atoms with van der Waals surface area (Å²) in [6.07, 6.45) is 5.96. The number of carboxylic acids is 1. The van der Waals surface area contributed by atoms with Gasteiger partial charge in [-0.2, -0.15) is 0 Å². The molecule has 0 radical (unpaired) electrons. The number of carboxylic acid groups (broad SMARTS) is 1. The van der Waals surface area contributed by atoms with Gasteiger partial charge < -0.3 is 10.0 Å². The average molecular weight is 268 g/mol. The molecule has 0 spiro atoms. The minimum atomic E-state index is -0.671. The molecule has 0 aromatic heterocycles. The Morgan fingerprint density at radius 3 is 2.63 bits per heavy atom. The van der Waals surface area contributed by atoms with E-state index in [2.05, 4.69) is 31.1 Å². The van der Waals surface area contributed by atoms with Gasteiger partial charge >= 0.3 is 5.97 Å². The summed E-state index contributed by atoms with van der Waals surface area (Å²) in [5.41, 5.74) is -0.671. The summed E-state index contributed by atoms with van der Waals surface area (Å²) in [6.45, 7) is 5.47. The van der Waals surface area contributed by atoms with Gasteiger partial charge in [-0.1, -0.05) is 13.8 Å². The van der Waals surface area contributed by atoms with Gasteiger partial charge in [0.2, 0.25) is 0 Å². The van der Waals surface area contributed by atoms with Crippen molar-refractivity contribution in [2.75, 3.05) is 13.6 Å². The predicted molar refractivity (Wildman–Crippen MR) is 76.2 cm³/mol. The molecule has 0 heterocycles. The highest BCUT2D eigenvalue weighted by atomic mass is 16.4. The molecule has 2 N–H and O–H groups in total.